The Balaban J connectivity index is 1.36. The van der Waals surface area contributed by atoms with Gasteiger partial charge in [0.05, 0.1) is 12.3 Å². The van der Waals surface area contributed by atoms with Gasteiger partial charge in [0.15, 0.2) is 4.34 Å². The number of benzene rings is 2. The van der Waals surface area contributed by atoms with Gasteiger partial charge in [0, 0.05) is 24.4 Å². The van der Waals surface area contributed by atoms with Gasteiger partial charge >= 0.3 is 0 Å². The zero-order valence-corrected chi connectivity index (χ0v) is 19.2. The van der Waals surface area contributed by atoms with Crippen LogP contribution in [0.25, 0.3) is 0 Å². The van der Waals surface area contributed by atoms with Crippen molar-refractivity contribution in [2.45, 2.75) is 36.3 Å². The highest BCUT2D eigenvalue weighted by Crippen LogP contribution is 2.33. The van der Waals surface area contributed by atoms with Crippen LogP contribution in [0.5, 0.6) is 5.75 Å². The fourth-order valence-corrected chi connectivity index (χ4v) is 5.21. The van der Waals surface area contributed by atoms with Crippen LogP contribution in [0.3, 0.4) is 0 Å². The average molecular weight is 455 g/mol. The van der Waals surface area contributed by atoms with Crippen LogP contribution in [-0.2, 0) is 5.75 Å². The van der Waals surface area contributed by atoms with Gasteiger partial charge in [0.25, 0.3) is 5.91 Å². The van der Waals surface area contributed by atoms with Gasteiger partial charge in [-0.15, -0.1) is 10.2 Å². The number of carbonyl (C=O) groups excluding carboxylic acids is 1. The average Bonchev–Trinajstić information content (AvgIpc) is 3.27. The maximum atomic E-state index is 12.8. The molecule has 1 aliphatic rings. The summed E-state index contributed by atoms with van der Waals surface area (Å²) in [4.78, 5) is 14.7. The van der Waals surface area contributed by atoms with Crippen LogP contribution < -0.4 is 10.1 Å². The molecule has 162 valence electrons. The molecule has 1 fully saturated rings. The number of ether oxygens (including phenoxy) is 1. The molecule has 0 unspecified atom stereocenters. The summed E-state index contributed by atoms with van der Waals surface area (Å²) in [6.07, 6.45) is 3.42. The number of rotatable bonds is 8. The van der Waals surface area contributed by atoms with Gasteiger partial charge in [-0.1, -0.05) is 47.4 Å². The lowest BCUT2D eigenvalue weighted by Crippen LogP contribution is -2.35. The molecule has 2 aromatic carbocycles. The molecule has 1 aliphatic heterocycles. The minimum atomic E-state index is 0.141. The maximum absolute atomic E-state index is 12.8. The van der Waals surface area contributed by atoms with E-state index in [9.17, 15) is 4.79 Å². The van der Waals surface area contributed by atoms with Crippen molar-refractivity contribution in [2.24, 2.45) is 0 Å². The van der Waals surface area contributed by atoms with Gasteiger partial charge < -0.3 is 15.0 Å². The summed E-state index contributed by atoms with van der Waals surface area (Å²) >= 11 is 3.13. The number of anilines is 2. The Bertz CT molecular complexity index is 1020. The summed E-state index contributed by atoms with van der Waals surface area (Å²) in [7, 11) is 0. The first-order chi connectivity index (χ1) is 15.2. The number of thioether (sulfide) groups is 1. The third-order valence-corrected chi connectivity index (χ3v) is 7.06. The van der Waals surface area contributed by atoms with Crippen LogP contribution in [0.15, 0.2) is 52.9 Å². The smallest absolute Gasteiger partial charge is 0.253 e. The van der Waals surface area contributed by atoms with Crippen LogP contribution in [0.4, 0.5) is 10.8 Å². The van der Waals surface area contributed by atoms with E-state index in [-0.39, 0.29) is 5.91 Å². The Kier molecular flexibility index (Phi) is 7.43. The van der Waals surface area contributed by atoms with Gasteiger partial charge in [-0.3, -0.25) is 4.79 Å². The van der Waals surface area contributed by atoms with Crippen molar-refractivity contribution >= 4 is 39.8 Å². The minimum Gasteiger partial charge on any atom is -0.492 e. The number of piperidine rings is 1. The predicted octanol–water partition coefficient (Wildman–Crippen LogP) is 5.60. The normalized spacial score (nSPS) is 13.8. The molecule has 0 aliphatic carbocycles. The molecule has 0 atom stereocenters. The lowest BCUT2D eigenvalue weighted by molar-refractivity contribution is 0.0724. The quantitative estimate of drug-likeness (QED) is 0.447. The van der Waals surface area contributed by atoms with E-state index in [0.717, 1.165) is 63.7 Å². The molecule has 3 aromatic rings. The first-order valence-corrected chi connectivity index (χ1v) is 12.4. The number of hydrogen-bond acceptors (Lipinski definition) is 7. The second kappa shape index (κ2) is 10.6. The number of amides is 1. The summed E-state index contributed by atoms with van der Waals surface area (Å²) < 4.78 is 6.53. The molecule has 1 saturated heterocycles. The highest BCUT2D eigenvalue weighted by Gasteiger charge is 2.18. The summed E-state index contributed by atoms with van der Waals surface area (Å²) in [5.74, 6) is 1.68. The molecule has 31 heavy (non-hydrogen) atoms. The predicted molar refractivity (Wildman–Crippen MR) is 127 cm³/mol. The molecule has 1 aromatic heterocycles. The zero-order chi connectivity index (χ0) is 21.5. The Hall–Kier alpha value is -2.58. The van der Waals surface area contributed by atoms with Crippen molar-refractivity contribution in [1.29, 1.82) is 0 Å². The number of para-hydroxylation sites is 2. The highest BCUT2D eigenvalue weighted by atomic mass is 32.2. The summed E-state index contributed by atoms with van der Waals surface area (Å²) in [6.45, 7) is 4.30. The third-order valence-electron chi connectivity index (χ3n) is 5.01. The number of likely N-dealkylation sites (tertiary alicyclic amines) is 1. The molecule has 6 nitrogen and oxygen atoms in total. The summed E-state index contributed by atoms with van der Waals surface area (Å²) in [6, 6.07) is 15.7. The Morgan fingerprint density at radius 2 is 1.97 bits per heavy atom. The number of nitrogens with one attached hydrogen (secondary N) is 1. The molecule has 8 heteroatoms. The molecule has 2 heterocycles. The number of carbonyl (C=O) groups is 1. The molecule has 0 bridgehead atoms. The van der Waals surface area contributed by atoms with Crippen LogP contribution in [0.2, 0.25) is 0 Å². The standard InChI is InChI=1S/C23H26N4O2S2/c1-2-29-20-12-5-4-11-19(20)24-22-25-26-23(31-22)30-16-17-9-8-10-18(15-17)21(28)27-13-6-3-7-14-27/h4-5,8-12,15H,2-3,6-7,13-14,16H2,1H3,(H,24,25). The maximum Gasteiger partial charge on any atom is 0.253 e. The lowest BCUT2D eigenvalue weighted by atomic mass is 10.1. The second-order valence-electron chi connectivity index (χ2n) is 7.27. The van der Waals surface area contributed by atoms with E-state index in [1.54, 1.807) is 11.8 Å². The van der Waals surface area contributed by atoms with Gasteiger partial charge in [-0.2, -0.15) is 0 Å². The van der Waals surface area contributed by atoms with Crippen molar-refractivity contribution in [3.63, 3.8) is 0 Å². The molecular weight excluding hydrogens is 428 g/mol. The van der Waals surface area contributed by atoms with Crippen molar-refractivity contribution < 1.29 is 9.53 Å². The van der Waals surface area contributed by atoms with Crippen molar-refractivity contribution in [2.75, 3.05) is 25.0 Å². The fourth-order valence-electron chi connectivity index (χ4n) is 3.50. The molecule has 4 rings (SSSR count). The molecule has 1 amide bonds. The third kappa shape index (κ3) is 5.77. The first-order valence-electron chi connectivity index (χ1n) is 10.6. The van der Waals surface area contributed by atoms with E-state index in [4.69, 9.17) is 4.74 Å². The summed E-state index contributed by atoms with van der Waals surface area (Å²) in [5, 5.41) is 12.6. The minimum absolute atomic E-state index is 0.141. The van der Waals surface area contributed by atoms with E-state index in [1.165, 1.54) is 17.8 Å². The Morgan fingerprint density at radius 3 is 2.81 bits per heavy atom. The molecule has 0 saturated carbocycles. The number of hydrogen-bond donors (Lipinski definition) is 1. The van der Waals surface area contributed by atoms with E-state index >= 15 is 0 Å². The largest absolute Gasteiger partial charge is 0.492 e. The van der Waals surface area contributed by atoms with Crippen LogP contribution in [0.1, 0.15) is 42.1 Å². The van der Waals surface area contributed by atoms with Crippen LogP contribution in [0, 0.1) is 0 Å². The fraction of sp³-hybridized carbons (Fsp3) is 0.348. The second-order valence-corrected chi connectivity index (χ2v) is 9.47. The van der Waals surface area contributed by atoms with Gasteiger partial charge in [0.2, 0.25) is 5.13 Å². The molecular formula is C23H26N4O2S2. The summed E-state index contributed by atoms with van der Waals surface area (Å²) in [5.41, 5.74) is 2.76. The van der Waals surface area contributed by atoms with Gasteiger partial charge in [-0.25, -0.2) is 0 Å². The SMILES string of the molecule is CCOc1ccccc1Nc1nnc(SCc2cccc(C(=O)N3CCCCC3)c2)s1. The zero-order valence-electron chi connectivity index (χ0n) is 17.5. The molecule has 0 radical (unpaired) electrons. The van der Waals surface area contributed by atoms with E-state index < -0.39 is 0 Å². The van der Waals surface area contributed by atoms with Crippen LogP contribution >= 0.6 is 23.1 Å². The Labute approximate surface area is 191 Å². The highest BCUT2D eigenvalue weighted by molar-refractivity contribution is 8.00. The van der Waals surface area contributed by atoms with E-state index in [2.05, 4.69) is 21.6 Å². The van der Waals surface area contributed by atoms with Crippen molar-refractivity contribution in [3.05, 3.63) is 59.7 Å². The van der Waals surface area contributed by atoms with Gasteiger partial charge in [0.1, 0.15) is 5.75 Å². The lowest BCUT2D eigenvalue weighted by Gasteiger charge is -2.26. The topological polar surface area (TPSA) is 67.3 Å². The van der Waals surface area contributed by atoms with Crippen LogP contribution in [-0.4, -0.2) is 40.7 Å². The van der Waals surface area contributed by atoms with E-state index in [1.807, 2.05) is 54.3 Å². The van der Waals surface area contributed by atoms with Crippen molar-refractivity contribution in [3.8, 4) is 5.75 Å². The Morgan fingerprint density at radius 1 is 1.13 bits per heavy atom. The molecule has 0 spiro atoms. The van der Waals surface area contributed by atoms with E-state index in [0.29, 0.717) is 6.61 Å². The monoisotopic (exact) mass is 454 g/mol. The number of nitrogens with zero attached hydrogens (tertiary/aromatic N) is 3. The number of aromatic nitrogens is 2. The van der Waals surface area contributed by atoms with Crippen molar-refractivity contribution in [1.82, 2.24) is 15.1 Å². The first kappa shape index (κ1) is 21.6. The van der Waals surface area contributed by atoms with Gasteiger partial charge in [-0.05, 0) is 56.0 Å². The molecule has 1 N–H and O–H groups in total.